The van der Waals surface area contributed by atoms with E-state index in [2.05, 4.69) is 10.4 Å². The molecule has 0 aliphatic carbocycles. The number of furan rings is 1. The van der Waals surface area contributed by atoms with Crippen LogP contribution in [0.1, 0.15) is 29.2 Å². The lowest BCUT2D eigenvalue weighted by atomic mass is 9.87. The number of hydrogen-bond donors (Lipinski definition) is 2. The van der Waals surface area contributed by atoms with Crippen LogP contribution in [0.3, 0.4) is 0 Å². The second-order valence-electron chi connectivity index (χ2n) is 6.31. The summed E-state index contributed by atoms with van der Waals surface area (Å²) in [4.78, 5) is 23.1. The van der Waals surface area contributed by atoms with Crippen LogP contribution in [0.4, 0.5) is 5.82 Å². The summed E-state index contributed by atoms with van der Waals surface area (Å²) >= 11 is 0. The lowest BCUT2D eigenvalue weighted by Crippen LogP contribution is -2.25. The Morgan fingerprint density at radius 2 is 2.15 bits per heavy atom. The minimum atomic E-state index is -0.531. The summed E-state index contributed by atoms with van der Waals surface area (Å²) in [5, 5.41) is 7.32. The molecule has 0 saturated carbocycles. The van der Waals surface area contributed by atoms with Gasteiger partial charge in [-0.15, -0.1) is 0 Å². The lowest BCUT2D eigenvalue weighted by Gasteiger charge is -2.23. The highest BCUT2D eigenvalue weighted by atomic mass is 16.5. The first kappa shape index (κ1) is 16.9. The van der Waals surface area contributed by atoms with E-state index < -0.39 is 5.91 Å². The molecule has 27 heavy (non-hydrogen) atoms. The van der Waals surface area contributed by atoms with Crippen molar-refractivity contribution in [3.05, 3.63) is 65.7 Å². The first-order chi connectivity index (χ1) is 13.1. The number of nitrogens with one attached hydrogen (secondary N) is 1. The Bertz CT molecular complexity index is 960. The van der Waals surface area contributed by atoms with Gasteiger partial charge in [0.25, 0.3) is 5.91 Å². The predicted molar refractivity (Wildman–Crippen MR) is 96.3 cm³/mol. The van der Waals surface area contributed by atoms with Gasteiger partial charge in [-0.25, -0.2) is 4.68 Å². The van der Waals surface area contributed by atoms with Gasteiger partial charge in [0.1, 0.15) is 23.9 Å². The summed E-state index contributed by atoms with van der Waals surface area (Å²) in [5.74, 6) is 1.28. The van der Waals surface area contributed by atoms with Crippen molar-refractivity contribution in [2.75, 3.05) is 11.9 Å². The van der Waals surface area contributed by atoms with Crippen LogP contribution in [0.5, 0.6) is 5.75 Å². The third-order valence-corrected chi connectivity index (χ3v) is 4.44. The van der Waals surface area contributed by atoms with Crippen LogP contribution in [0.2, 0.25) is 0 Å². The van der Waals surface area contributed by atoms with Crippen LogP contribution in [0, 0.1) is 0 Å². The Labute approximate surface area is 154 Å². The van der Waals surface area contributed by atoms with Gasteiger partial charge < -0.3 is 20.2 Å². The molecule has 3 N–H and O–H groups in total. The van der Waals surface area contributed by atoms with Crippen molar-refractivity contribution in [2.45, 2.75) is 18.9 Å². The second kappa shape index (κ2) is 6.99. The van der Waals surface area contributed by atoms with Gasteiger partial charge in [-0.2, -0.15) is 5.10 Å². The second-order valence-corrected chi connectivity index (χ2v) is 6.31. The Kier molecular flexibility index (Phi) is 4.37. The molecule has 1 aromatic carbocycles. The Morgan fingerprint density at radius 3 is 2.85 bits per heavy atom. The monoisotopic (exact) mass is 366 g/mol. The zero-order valence-corrected chi connectivity index (χ0v) is 14.4. The molecule has 138 valence electrons. The molecule has 0 bridgehead atoms. The number of primary amides is 1. The number of amides is 2. The fourth-order valence-electron chi connectivity index (χ4n) is 3.19. The number of nitrogens with two attached hydrogens (primary N) is 1. The van der Waals surface area contributed by atoms with E-state index in [0.29, 0.717) is 24.5 Å². The van der Waals surface area contributed by atoms with Gasteiger partial charge in [0, 0.05) is 17.9 Å². The van der Waals surface area contributed by atoms with Crippen LogP contribution in [-0.4, -0.2) is 28.2 Å². The summed E-state index contributed by atoms with van der Waals surface area (Å²) in [6.07, 6.45) is 3.72. The fourth-order valence-corrected chi connectivity index (χ4v) is 3.19. The highest BCUT2D eigenvalue weighted by molar-refractivity contribution is 5.94. The van der Waals surface area contributed by atoms with E-state index in [1.165, 1.54) is 0 Å². The quantitative estimate of drug-likeness (QED) is 0.691. The van der Waals surface area contributed by atoms with E-state index in [1.54, 1.807) is 29.3 Å². The van der Waals surface area contributed by atoms with Crippen molar-refractivity contribution in [2.24, 2.45) is 5.73 Å². The van der Waals surface area contributed by atoms with Crippen molar-refractivity contribution in [3.63, 3.8) is 0 Å². The molecule has 1 aliphatic rings. The summed E-state index contributed by atoms with van der Waals surface area (Å²) in [6.45, 7) is 0.268. The molecule has 1 atom stereocenters. The first-order valence-electron chi connectivity index (χ1n) is 8.49. The minimum absolute atomic E-state index is 0.0669. The molecule has 8 nitrogen and oxygen atoms in total. The van der Waals surface area contributed by atoms with Gasteiger partial charge in [-0.1, -0.05) is 12.1 Å². The molecule has 0 saturated heterocycles. The van der Waals surface area contributed by atoms with Crippen molar-refractivity contribution in [3.8, 4) is 5.75 Å². The molecule has 0 fully saturated rings. The number of benzene rings is 1. The third kappa shape index (κ3) is 3.55. The van der Waals surface area contributed by atoms with E-state index in [1.807, 2.05) is 24.3 Å². The van der Waals surface area contributed by atoms with Crippen LogP contribution >= 0.6 is 0 Å². The number of nitrogens with zero attached hydrogens (tertiary/aromatic N) is 2. The van der Waals surface area contributed by atoms with E-state index >= 15 is 0 Å². The molecule has 8 heteroatoms. The van der Waals surface area contributed by atoms with Crippen LogP contribution in [0.25, 0.3) is 0 Å². The maximum Gasteiger partial charge on any atom is 0.255 e. The standard InChI is InChI=1S/C19H18N4O4/c20-17(24)11-27-13-5-3-12(4-6-13)15-8-18(25)22-19-16(15)9-21-23(19)10-14-2-1-7-26-14/h1-7,9,15H,8,10-11H2,(H2,20,24)(H,22,25). The van der Waals surface area contributed by atoms with Crippen molar-refractivity contribution in [1.82, 2.24) is 9.78 Å². The van der Waals surface area contributed by atoms with Gasteiger partial charge >= 0.3 is 0 Å². The lowest BCUT2D eigenvalue weighted by molar-refractivity contribution is -0.120. The average Bonchev–Trinajstić information content (AvgIpc) is 3.31. The highest BCUT2D eigenvalue weighted by Gasteiger charge is 2.30. The first-order valence-corrected chi connectivity index (χ1v) is 8.49. The molecule has 3 heterocycles. The molecule has 2 aromatic heterocycles. The van der Waals surface area contributed by atoms with Gasteiger partial charge in [-0.3, -0.25) is 9.59 Å². The van der Waals surface area contributed by atoms with E-state index in [0.717, 1.165) is 16.9 Å². The zero-order valence-electron chi connectivity index (χ0n) is 14.4. The number of fused-ring (bicyclic) bond motifs is 1. The Morgan fingerprint density at radius 1 is 1.33 bits per heavy atom. The average molecular weight is 366 g/mol. The zero-order chi connectivity index (χ0) is 18.8. The minimum Gasteiger partial charge on any atom is -0.484 e. The van der Waals surface area contributed by atoms with Crippen LogP contribution in [0.15, 0.2) is 53.3 Å². The van der Waals surface area contributed by atoms with Gasteiger partial charge in [-0.05, 0) is 29.8 Å². The number of ether oxygens (including phenoxy) is 1. The molecular weight excluding hydrogens is 348 g/mol. The van der Waals surface area contributed by atoms with Crippen LogP contribution < -0.4 is 15.8 Å². The SMILES string of the molecule is NC(=O)COc1ccc(C2CC(=O)Nc3c2cnn3Cc2ccco2)cc1. The summed E-state index contributed by atoms with van der Waals surface area (Å²) < 4.78 is 12.4. The van der Waals surface area contributed by atoms with E-state index in [-0.39, 0.29) is 18.4 Å². The molecule has 3 aromatic rings. The van der Waals surface area contributed by atoms with Gasteiger partial charge in [0.15, 0.2) is 6.61 Å². The van der Waals surface area contributed by atoms with E-state index in [9.17, 15) is 9.59 Å². The van der Waals surface area contributed by atoms with Gasteiger partial charge in [0.05, 0.1) is 12.5 Å². The molecule has 1 aliphatic heterocycles. The van der Waals surface area contributed by atoms with Crippen molar-refractivity contribution in [1.29, 1.82) is 0 Å². The Hall–Kier alpha value is -3.55. The van der Waals surface area contributed by atoms with Crippen molar-refractivity contribution < 1.29 is 18.7 Å². The predicted octanol–water partition coefficient (Wildman–Crippen LogP) is 1.86. The maximum atomic E-state index is 12.3. The normalized spacial score (nSPS) is 15.9. The molecular formula is C19H18N4O4. The van der Waals surface area contributed by atoms with Crippen LogP contribution in [-0.2, 0) is 16.1 Å². The largest absolute Gasteiger partial charge is 0.484 e. The molecule has 2 amide bonds. The number of anilines is 1. The third-order valence-electron chi connectivity index (χ3n) is 4.44. The summed E-state index contributed by atoms with van der Waals surface area (Å²) in [7, 11) is 0. The molecule has 0 spiro atoms. The topological polar surface area (TPSA) is 112 Å². The molecule has 0 radical (unpaired) electrons. The summed E-state index contributed by atoms with van der Waals surface area (Å²) in [5.41, 5.74) is 7.00. The number of aromatic nitrogens is 2. The smallest absolute Gasteiger partial charge is 0.255 e. The van der Waals surface area contributed by atoms with E-state index in [4.69, 9.17) is 14.9 Å². The number of rotatable bonds is 6. The van der Waals surface area contributed by atoms with Crippen molar-refractivity contribution >= 4 is 17.6 Å². The number of carbonyl (C=O) groups is 2. The summed E-state index contributed by atoms with van der Waals surface area (Å²) in [6, 6.07) is 11.0. The molecule has 1 unspecified atom stereocenters. The number of carbonyl (C=O) groups excluding carboxylic acids is 2. The highest BCUT2D eigenvalue weighted by Crippen LogP contribution is 2.37. The molecule has 4 rings (SSSR count). The fraction of sp³-hybridized carbons (Fsp3) is 0.211. The Balaban J connectivity index is 1.59. The maximum absolute atomic E-state index is 12.3. The number of hydrogen-bond acceptors (Lipinski definition) is 5. The van der Waals surface area contributed by atoms with Gasteiger partial charge in [0.2, 0.25) is 5.91 Å².